The van der Waals surface area contributed by atoms with Crippen LogP contribution in [0.2, 0.25) is 0 Å². The van der Waals surface area contributed by atoms with Crippen molar-refractivity contribution in [2.75, 3.05) is 31.1 Å². The Kier molecular flexibility index (Phi) is 4.38. The summed E-state index contributed by atoms with van der Waals surface area (Å²) in [5.74, 6) is -0.0778. The van der Waals surface area contributed by atoms with Gasteiger partial charge in [-0.05, 0) is 39.0 Å². The molecule has 0 radical (unpaired) electrons. The van der Waals surface area contributed by atoms with Crippen LogP contribution >= 0.6 is 0 Å². The Bertz CT molecular complexity index is 800. The third kappa shape index (κ3) is 3.48. The third-order valence-electron chi connectivity index (χ3n) is 4.22. The van der Waals surface area contributed by atoms with E-state index in [9.17, 15) is 9.59 Å². The highest BCUT2D eigenvalue weighted by Gasteiger charge is 2.23. The van der Waals surface area contributed by atoms with Crippen molar-refractivity contribution in [2.24, 2.45) is 0 Å². The molecule has 1 amide bonds. The zero-order valence-electron chi connectivity index (χ0n) is 14.3. The molecule has 2 aromatic rings. The lowest BCUT2D eigenvalue weighted by Gasteiger charge is -2.36. The van der Waals surface area contributed by atoms with Gasteiger partial charge >= 0.3 is 0 Å². The van der Waals surface area contributed by atoms with Crippen molar-refractivity contribution in [3.05, 3.63) is 57.3 Å². The first-order chi connectivity index (χ1) is 11.4. The molecule has 0 aliphatic carbocycles. The van der Waals surface area contributed by atoms with Crippen molar-refractivity contribution < 1.29 is 4.79 Å². The summed E-state index contributed by atoms with van der Waals surface area (Å²) >= 11 is 0. The summed E-state index contributed by atoms with van der Waals surface area (Å²) in [6.45, 7) is 8.60. The van der Waals surface area contributed by atoms with Crippen molar-refractivity contribution in [1.82, 2.24) is 14.9 Å². The van der Waals surface area contributed by atoms with Crippen LogP contribution in [0.15, 0.2) is 29.1 Å². The largest absolute Gasteiger partial charge is 0.368 e. The number of amides is 1. The lowest BCUT2D eigenvalue weighted by atomic mass is 10.1. The maximum absolute atomic E-state index is 12.6. The maximum atomic E-state index is 12.6. The van der Waals surface area contributed by atoms with E-state index in [-0.39, 0.29) is 11.5 Å². The number of pyridine rings is 2. The maximum Gasteiger partial charge on any atom is 0.254 e. The number of aromatic amines is 1. The predicted octanol–water partition coefficient (Wildman–Crippen LogP) is 1.66. The Labute approximate surface area is 141 Å². The summed E-state index contributed by atoms with van der Waals surface area (Å²) in [7, 11) is 0. The number of aryl methyl sites for hydroxylation is 3. The number of nitrogens with one attached hydrogen (secondary N) is 1. The molecule has 6 nitrogen and oxygen atoms in total. The van der Waals surface area contributed by atoms with Crippen molar-refractivity contribution in [2.45, 2.75) is 20.8 Å². The number of rotatable bonds is 2. The first kappa shape index (κ1) is 16.2. The topological polar surface area (TPSA) is 69.3 Å². The van der Waals surface area contributed by atoms with E-state index in [1.807, 2.05) is 18.7 Å². The molecule has 126 valence electrons. The van der Waals surface area contributed by atoms with Crippen LogP contribution in [0.4, 0.5) is 5.69 Å². The molecule has 1 N–H and O–H groups in total. The predicted molar refractivity (Wildman–Crippen MR) is 93.6 cm³/mol. The van der Waals surface area contributed by atoms with Crippen molar-refractivity contribution in [1.29, 1.82) is 0 Å². The molecule has 0 bridgehead atoms. The van der Waals surface area contributed by atoms with Gasteiger partial charge in [0.1, 0.15) is 0 Å². The Morgan fingerprint density at radius 3 is 2.21 bits per heavy atom. The highest BCUT2D eigenvalue weighted by Crippen LogP contribution is 2.19. The van der Waals surface area contributed by atoms with Crippen molar-refractivity contribution in [3.63, 3.8) is 0 Å². The summed E-state index contributed by atoms with van der Waals surface area (Å²) in [5, 5.41) is 0. The van der Waals surface area contributed by atoms with Gasteiger partial charge in [0, 0.05) is 60.6 Å². The van der Waals surface area contributed by atoms with Crippen LogP contribution < -0.4 is 10.5 Å². The number of hydrogen-bond acceptors (Lipinski definition) is 4. The van der Waals surface area contributed by atoms with Gasteiger partial charge in [-0.15, -0.1) is 0 Å². The van der Waals surface area contributed by atoms with Gasteiger partial charge in [0.05, 0.1) is 0 Å². The SMILES string of the molecule is Cc1cc(N2CCN(C(=O)c3cc(C)[nH]c(=O)c3)CC2)cc(C)n1. The van der Waals surface area contributed by atoms with Crippen LogP contribution in [0, 0.1) is 20.8 Å². The van der Waals surface area contributed by atoms with Gasteiger partial charge in [0.2, 0.25) is 5.56 Å². The number of carbonyl (C=O) groups excluding carboxylic acids is 1. The van der Waals surface area contributed by atoms with Crippen LogP contribution in [0.3, 0.4) is 0 Å². The Hall–Kier alpha value is -2.63. The smallest absolute Gasteiger partial charge is 0.254 e. The fraction of sp³-hybridized carbons (Fsp3) is 0.389. The summed E-state index contributed by atoms with van der Waals surface area (Å²) in [4.78, 5) is 35.3. The van der Waals surface area contributed by atoms with Crippen LogP contribution in [0.5, 0.6) is 0 Å². The fourth-order valence-corrected chi connectivity index (χ4v) is 3.15. The fourth-order valence-electron chi connectivity index (χ4n) is 3.15. The normalized spacial score (nSPS) is 14.8. The number of hydrogen-bond donors (Lipinski definition) is 1. The van der Waals surface area contributed by atoms with E-state index in [1.54, 1.807) is 13.0 Å². The second-order valence-electron chi connectivity index (χ2n) is 6.30. The second kappa shape index (κ2) is 6.47. The Morgan fingerprint density at radius 2 is 1.62 bits per heavy atom. The van der Waals surface area contributed by atoms with E-state index in [2.05, 4.69) is 27.0 Å². The van der Waals surface area contributed by atoms with E-state index in [0.717, 1.165) is 30.2 Å². The van der Waals surface area contributed by atoms with Crippen LogP contribution in [0.25, 0.3) is 0 Å². The molecule has 3 heterocycles. The summed E-state index contributed by atoms with van der Waals surface area (Å²) in [6.07, 6.45) is 0. The second-order valence-corrected chi connectivity index (χ2v) is 6.30. The first-order valence-corrected chi connectivity index (χ1v) is 8.13. The minimum absolute atomic E-state index is 0.0778. The average Bonchev–Trinajstić information content (AvgIpc) is 2.52. The minimum atomic E-state index is -0.236. The lowest BCUT2D eigenvalue weighted by Crippen LogP contribution is -2.49. The zero-order valence-corrected chi connectivity index (χ0v) is 14.3. The van der Waals surface area contributed by atoms with E-state index < -0.39 is 0 Å². The van der Waals surface area contributed by atoms with Gasteiger partial charge in [-0.2, -0.15) is 0 Å². The monoisotopic (exact) mass is 326 g/mol. The lowest BCUT2D eigenvalue weighted by molar-refractivity contribution is 0.0746. The number of nitrogens with zero attached hydrogens (tertiary/aromatic N) is 3. The number of anilines is 1. The van der Waals surface area contributed by atoms with E-state index in [4.69, 9.17) is 0 Å². The standard InChI is InChI=1S/C18H22N4O2/c1-12-8-15(11-17(23)20-12)18(24)22-6-4-21(5-7-22)16-9-13(2)19-14(3)10-16/h8-11H,4-7H2,1-3H3,(H,20,23). The highest BCUT2D eigenvalue weighted by molar-refractivity contribution is 5.94. The number of aromatic nitrogens is 2. The Balaban J connectivity index is 1.70. The third-order valence-corrected chi connectivity index (χ3v) is 4.22. The zero-order chi connectivity index (χ0) is 17.3. The van der Waals surface area contributed by atoms with Gasteiger partial charge in [-0.25, -0.2) is 0 Å². The highest BCUT2D eigenvalue weighted by atomic mass is 16.2. The minimum Gasteiger partial charge on any atom is -0.368 e. The molecule has 24 heavy (non-hydrogen) atoms. The molecule has 3 rings (SSSR count). The molecule has 0 unspecified atom stereocenters. The number of piperazine rings is 1. The molecule has 1 aliphatic heterocycles. The number of carbonyl (C=O) groups is 1. The molecule has 6 heteroatoms. The molecule has 0 atom stereocenters. The number of H-pyrrole nitrogens is 1. The molecule has 0 spiro atoms. The van der Waals surface area contributed by atoms with Gasteiger partial charge in [-0.3, -0.25) is 14.6 Å². The van der Waals surface area contributed by atoms with E-state index in [0.29, 0.717) is 24.3 Å². The molecule has 2 aromatic heterocycles. The van der Waals surface area contributed by atoms with Crippen LogP contribution in [0.1, 0.15) is 27.4 Å². The van der Waals surface area contributed by atoms with Crippen molar-refractivity contribution >= 4 is 11.6 Å². The van der Waals surface area contributed by atoms with Gasteiger partial charge in [-0.1, -0.05) is 0 Å². The average molecular weight is 326 g/mol. The molecule has 1 aliphatic rings. The Morgan fingerprint density at radius 1 is 1.00 bits per heavy atom. The van der Waals surface area contributed by atoms with Gasteiger partial charge in [0.25, 0.3) is 5.91 Å². The summed E-state index contributed by atoms with van der Waals surface area (Å²) in [5.41, 5.74) is 4.08. The van der Waals surface area contributed by atoms with E-state index >= 15 is 0 Å². The molecule has 1 fully saturated rings. The van der Waals surface area contributed by atoms with Crippen molar-refractivity contribution in [3.8, 4) is 0 Å². The molecule has 0 saturated carbocycles. The van der Waals surface area contributed by atoms with Crippen LogP contribution in [-0.2, 0) is 0 Å². The molecular weight excluding hydrogens is 304 g/mol. The first-order valence-electron chi connectivity index (χ1n) is 8.13. The van der Waals surface area contributed by atoms with Crippen LogP contribution in [-0.4, -0.2) is 47.0 Å². The van der Waals surface area contributed by atoms with Gasteiger partial charge in [0.15, 0.2) is 0 Å². The summed E-state index contributed by atoms with van der Waals surface area (Å²) in [6, 6.07) is 7.25. The quantitative estimate of drug-likeness (QED) is 0.911. The van der Waals surface area contributed by atoms with E-state index in [1.165, 1.54) is 6.07 Å². The molecule has 1 saturated heterocycles. The molecule has 0 aromatic carbocycles. The summed E-state index contributed by atoms with van der Waals surface area (Å²) < 4.78 is 0. The molecular formula is C18H22N4O2. The van der Waals surface area contributed by atoms with Gasteiger partial charge < -0.3 is 14.8 Å².